The maximum atomic E-state index is 13.0. The standard InChI is InChI=1S/C16H22FNO3/c1-12-10-18(9-3-2-4-16(19)20)11-15(21-12)13-5-7-14(17)8-6-13/h5-8,12,15H,2-4,9-11H2,1H3,(H,19,20). The van der Waals surface area contributed by atoms with Gasteiger partial charge in [0.05, 0.1) is 12.2 Å². The second-order valence-electron chi connectivity index (χ2n) is 5.60. The Bertz CT molecular complexity index is 463. The molecule has 1 aromatic rings. The van der Waals surface area contributed by atoms with Crippen LogP contribution >= 0.6 is 0 Å². The van der Waals surface area contributed by atoms with Gasteiger partial charge in [0.25, 0.3) is 0 Å². The van der Waals surface area contributed by atoms with Crippen molar-refractivity contribution in [2.75, 3.05) is 19.6 Å². The third-order valence-corrected chi connectivity index (χ3v) is 3.69. The van der Waals surface area contributed by atoms with Crippen molar-refractivity contribution in [3.05, 3.63) is 35.6 Å². The lowest BCUT2D eigenvalue weighted by Crippen LogP contribution is -2.43. The van der Waals surface area contributed by atoms with Gasteiger partial charge in [0.2, 0.25) is 0 Å². The van der Waals surface area contributed by atoms with Gasteiger partial charge in [0.15, 0.2) is 0 Å². The van der Waals surface area contributed by atoms with E-state index in [1.807, 2.05) is 6.92 Å². The molecular formula is C16H22FNO3. The van der Waals surface area contributed by atoms with Crippen LogP contribution in [0.25, 0.3) is 0 Å². The van der Waals surface area contributed by atoms with Crippen LogP contribution in [-0.2, 0) is 9.53 Å². The minimum Gasteiger partial charge on any atom is -0.481 e. The number of unbranched alkanes of at least 4 members (excludes halogenated alkanes) is 1. The number of ether oxygens (including phenoxy) is 1. The third-order valence-electron chi connectivity index (χ3n) is 3.69. The maximum absolute atomic E-state index is 13.0. The number of aliphatic carboxylic acids is 1. The Kier molecular flexibility index (Phi) is 5.70. The molecule has 1 saturated heterocycles. The van der Waals surface area contributed by atoms with Crippen LogP contribution in [0.1, 0.15) is 37.9 Å². The molecule has 1 N–H and O–H groups in total. The van der Waals surface area contributed by atoms with E-state index in [1.54, 1.807) is 12.1 Å². The first-order valence-electron chi connectivity index (χ1n) is 7.39. The zero-order chi connectivity index (χ0) is 15.2. The molecule has 1 heterocycles. The van der Waals surface area contributed by atoms with Crippen molar-refractivity contribution in [3.63, 3.8) is 0 Å². The van der Waals surface area contributed by atoms with E-state index in [0.717, 1.165) is 31.6 Å². The summed E-state index contributed by atoms with van der Waals surface area (Å²) in [7, 11) is 0. The number of carboxylic acids is 1. The highest BCUT2D eigenvalue weighted by Gasteiger charge is 2.26. The highest BCUT2D eigenvalue weighted by Crippen LogP contribution is 2.25. The number of carboxylic acid groups (broad SMARTS) is 1. The molecule has 1 aliphatic heterocycles. The van der Waals surface area contributed by atoms with Crippen LogP contribution < -0.4 is 0 Å². The molecule has 1 aliphatic rings. The molecule has 21 heavy (non-hydrogen) atoms. The van der Waals surface area contributed by atoms with E-state index < -0.39 is 5.97 Å². The van der Waals surface area contributed by atoms with Crippen LogP contribution in [0, 0.1) is 5.82 Å². The van der Waals surface area contributed by atoms with Crippen molar-refractivity contribution in [3.8, 4) is 0 Å². The van der Waals surface area contributed by atoms with Crippen molar-refractivity contribution in [2.45, 2.75) is 38.4 Å². The lowest BCUT2D eigenvalue weighted by atomic mass is 10.1. The smallest absolute Gasteiger partial charge is 0.303 e. The first-order chi connectivity index (χ1) is 10.0. The van der Waals surface area contributed by atoms with Gasteiger partial charge in [0, 0.05) is 19.5 Å². The minimum absolute atomic E-state index is 0.0474. The average molecular weight is 295 g/mol. The molecule has 0 spiro atoms. The molecule has 4 nitrogen and oxygen atoms in total. The molecule has 0 aromatic heterocycles. The molecule has 1 aromatic carbocycles. The van der Waals surface area contributed by atoms with E-state index in [0.29, 0.717) is 6.42 Å². The summed E-state index contributed by atoms with van der Waals surface area (Å²) in [5.41, 5.74) is 0.985. The highest BCUT2D eigenvalue weighted by atomic mass is 19.1. The van der Waals surface area contributed by atoms with Gasteiger partial charge >= 0.3 is 5.97 Å². The normalized spacial score (nSPS) is 23.1. The molecule has 0 amide bonds. The van der Waals surface area contributed by atoms with Crippen molar-refractivity contribution in [2.24, 2.45) is 0 Å². The van der Waals surface area contributed by atoms with Crippen LogP contribution in [0.15, 0.2) is 24.3 Å². The summed E-state index contributed by atoms with van der Waals surface area (Å²) >= 11 is 0. The predicted molar refractivity (Wildman–Crippen MR) is 77.6 cm³/mol. The largest absolute Gasteiger partial charge is 0.481 e. The zero-order valence-electron chi connectivity index (χ0n) is 12.3. The SMILES string of the molecule is CC1CN(CCCCC(=O)O)CC(c2ccc(F)cc2)O1. The molecule has 0 aliphatic carbocycles. The summed E-state index contributed by atoms with van der Waals surface area (Å²) in [6.45, 7) is 4.52. The average Bonchev–Trinajstić information content (AvgIpc) is 2.43. The van der Waals surface area contributed by atoms with Gasteiger partial charge in [-0.05, 0) is 44.0 Å². The fourth-order valence-corrected chi connectivity index (χ4v) is 2.69. The Morgan fingerprint density at radius 3 is 2.71 bits per heavy atom. The van der Waals surface area contributed by atoms with Crippen LogP contribution in [0.3, 0.4) is 0 Å². The van der Waals surface area contributed by atoms with Crippen molar-refractivity contribution >= 4 is 5.97 Å². The third kappa shape index (κ3) is 5.10. The maximum Gasteiger partial charge on any atom is 0.303 e. The lowest BCUT2D eigenvalue weighted by Gasteiger charge is -2.37. The van der Waals surface area contributed by atoms with Gasteiger partial charge in [-0.2, -0.15) is 0 Å². The number of halogens is 1. The topological polar surface area (TPSA) is 49.8 Å². The van der Waals surface area contributed by atoms with Gasteiger partial charge in [0.1, 0.15) is 5.82 Å². The van der Waals surface area contributed by atoms with Crippen LogP contribution in [0.2, 0.25) is 0 Å². The first-order valence-corrected chi connectivity index (χ1v) is 7.39. The summed E-state index contributed by atoms with van der Waals surface area (Å²) in [5.74, 6) is -0.984. The Labute approximate surface area is 124 Å². The minimum atomic E-state index is -0.741. The summed E-state index contributed by atoms with van der Waals surface area (Å²) in [6.07, 6.45) is 1.86. The number of carbonyl (C=O) groups is 1. The van der Waals surface area contributed by atoms with Gasteiger partial charge < -0.3 is 9.84 Å². The Balaban J connectivity index is 1.86. The van der Waals surface area contributed by atoms with E-state index in [9.17, 15) is 9.18 Å². The molecule has 2 unspecified atom stereocenters. The highest BCUT2D eigenvalue weighted by molar-refractivity contribution is 5.66. The predicted octanol–water partition coefficient (Wildman–Crippen LogP) is 2.84. The number of hydrogen-bond acceptors (Lipinski definition) is 3. The van der Waals surface area contributed by atoms with E-state index in [-0.39, 0.29) is 24.4 Å². The fourth-order valence-electron chi connectivity index (χ4n) is 2.69. The summed E-state index contributed by atoms with van der Waals surface area (Å²) < 4.78 is 18.9. The van der Waals surface area contributed by atoms with E-state index in [1.165, 1.54) is 12.1 Å². The molecule has 0 saturated carbocycles. The number of rotatable bonds is 6. The molecular weight excluding hydrogens is 273 g/mol. The molecule has 116 valence electrons. The van der Waals surface area contributed by atoms with Gasteiger partial charge in [-0.1, -0.05) is 12.1 Å². The van der Waals surface area contributed by atoms with Gasteiger partial charge in [-0.15, -0.1) is 0 Å². The van der Waals surface area contributed by atoms with E-state index >= 15 is 0 Å². The number of morpholine rings is 1. The van der Waals surface area contributed by atoms with Crippen LogP contribution in [0.5, 0.6) is 0 Å². The van der Waals surface area contributed by atoms with Gasteiger partial charge in [-0.25, -0.2) is 4.39 Å². The Morgan fingerprint density at radius 2 is 2.05 bits per heavy atom. The van der Waals surface area contributed by atoms with Gasteiger partial charge in [-0.3, -0.25) is 9.69 Å². The lowest BCUT2D eigenvalue weighted by molar-refractivity contribution is -0.137. The fraction of sp³-hybridized carbons (Fsp3) is 0.562. The summed E-state index contributed by atoms with van der Waals surface area (Å²) in [5, 5.41) is 8.64. The summed E-state index contributed by atoms with van der Waals surface area (Å²) in [6, 6.07) is 6.44. The second-order valence-corrected chi connectivity index (χ2v) is 5.60. The van der Waals surface area contributed by atoms with E-state index in [4.69, 9.17) is 9.84 Å². The van der Waals surface area contributed by atoms with Crippen LogP contribution in [-0.4, -0.2) is 41.7 Å². The molecule has 0 radical (unpaired) electrons. The molecule has 0 bridgehead atoms. The molecule has 5 heteroatoms. The monoisotopic (exact) mass is 295 g/mol. The Hall–Kier alpha value is -1.46. The van der Waals surface area contributed by atoms with Crippen molar-refractivity contribution in [1.29, 1.82) is 0 Å². The van der Waals surface area contributed by atoms with E-state index in [2.05, 4.69) is 4.90 Å². The van der Waals surface area contributed by atoms with Crippen LogP contribution in [0.4, 0.5) is 4.39 Å². The summed E-state index contributed by atoms with van der Waals surface area (Å²) in [4.78, 5) is 12.8. The first kappa shape index (κ1) is 15.9. The van der Waals surface area contributed by atoms with Crippen molar-refractivity contribution < 1.29 is 19.0 Å². The van der Waals surface area contributed by atoms with Crippen molar-refractivity contribution in [1.82, 2.24) is 4.90 Å². The molecule has 2 atom stereocenters. The number of benzene rings is 1. The number of hydrogen-bond donors (Lipinski definition) is 1. The number of nitrogens with zero attached hydrogens (tertiary/aromatic N) is 1. The molecule has 1 fully saturated rings. The zero-order valence-corrected chi connectivity index (χ0v) is 12.3. The Morgan fingerprint density at radius 1 is 1.33 bits per heavy atom. The second kappa shape index (κ2) is 7.52. The quantitative estimate of drug-likeness (QED) is 0.820. The molecule has 2 rings (SSSR count).